The van der Waals surface area contributed by atoms with Gasteiger partial charge in [-0.2, -0.15) is 0 Å². The van der Waals surface area contributed by atoms with Gasteiger partial charge >= 0.3 is 13.1 Å². The molecule has 0 saturated heterocycles. The van der Waals surface area contributed by atoms with Crippen LogP contribution in [0, 0.1) is 0 Å². The maximum Gasteiger partial charge on any atom is 0.526 e. The molecular formula is C20H17BN2O5. The van der Waals surface area contributed by atoms with Gasteiger partial charge in [0.1, 0.15) is 11.6 Å². The Morgan fingerprint density at radius 1 is 1.21 bits per heavy atom. The second kappa shape index (κ2) is 7.32. The SMILES string of the molecule is O=C(C[C@H]1Cc2cccc(C(=O)O)c2OB1O)c1ccc(-c2ncc[nH]2)cc1. The highest BCUT2D eigenvalue weighted by molar-refractivity contribution is 6.47. The van der Waals surface area contributed by atoms with E-state index in [1.54, 1.807) is 36.7 Å². The standard InChI is InChI=1S/C20H17BN2O5/c24-17(12-4-6-13(7-5-12)19-22-8-9-23-19)11-15-10-14-2-1-3-16(20(25)26)18(14)28-21(15)27/h1-9,15,27H,10-11H2,(H,22,23)(H,25,26)/t15-/m1/s1. The van der Waals surface area contributed by atoms with Crippen LogP contribution in [0.3, 0.4) is 0 Å². The third kappa shape index (κ3) is 3.42. The Labute approximate surface area is 161 Å². The number of rotatable bonds is 5. The van der Waals surface area contributed by atoms with Gasteiger partial charge in [0.25, 0.3) is 0 Å². The van der Waals surface area contributed by atoms with E-state index in [0.717, 1.165) is 11.4 Å². The van der Waals surface area contributed by atoms with Gasteiger partial charge in [-0.25, -0.2) is 9.78 Å². The molecule has 0 bridgehead atoms. The minimum atomic E-state index is -1.24. The van der Waals surface area contributed by atoms with Crippen molar-refractivity contribution in [2.45, 2.75) is 18.7 Å². The molecule has 0 unspecified atom stereocenters. The Kier molecular flexibility index (Phi) is 4.71. The zero-order valence-electron chi connectivity index (χ0n) is 14.8. The summed E-state index contributed by atoms with van der Waals surface area (Å²) in [6, 6.07) is 11.9. The summed E-state index contributed by atoms with van der Waals surface area (Å²) in [4.78, 5) is 31.2. The van der Waals surface area contributed by atoms with Crippen LogP contribution in [-0.4, -0.2) is 39.0 Å². The number of carboxylic acids is 1. The number of benzene rings is 2. The largest absolute Gasteiger partial charge is 0.535 e. The van der Waals surface area contributed by atoms with Crippen LogP contribution in [-0.2, 0) is 6.42 Å². The Balaban J connectivity index is 1.49. The van der Waals surface area contributed by atoms with Gasteiger partial charge in [0.15, 0.2) is 5.78 Å². The van der Waals surface area contributed by atoms with Crippen molar-refractivity contribution in [3.63, 3.8) is 0 Å². The zero-order chi connectivity index (χ0) is 19.7. The van der Waals surface area contributed by atoms with E-state index in [9.17, 15) is 19.7 Å². The molecule has 1 atom stereocenters. The van der Waals surface area contributed by atoms with Crippen molar-refractivity contribution in [1.82, 2.24) is 9.97 Å². The monoisotopic (exact) mass is 376 g/mol. The molecule has 28 heavy (non-hydrogen) atoms. The average Bonchev–Trinajstić information content (AvgIpc) is 3.23. The van der Waals surface area contributed by atoms with Gasteiger partial charge in [-0.1, -0.05) is 36.4 Å². The molecular weight excluding hydrogens is 359 g/mol. The second-order valence-electron chi connectivity index (χ2n) is 6.71. The second-order valence-corrected chi connectivity index (χ2v) is 6.71. The molecule has 140 valence electrons. The molecule has 4 rings (SSSR count). The van der Waals surface area contributed by atoms with E-state index in [1.807, 2.05) is 12.1 Å². The lowest BCUT2D eigenvalue weighted by Crippen LogP contribution is -2.35. The molecule has 1 aliphatic rings. The summed E-state index contributed by atoms with van der Waals surface area (Å²) in [6.07, 6.45) is 3.85. The summed E-state index contributed by atoms with van der Waals surface area (Å²) in [5.74, 6) is -0.782. The van der Waals surface area contributed by atoms with Gasteiger partial charge in [0.05, 0.1) is 5.56 Å². The number of carboxylic acid groups (broad SMARTS) is 1. The van der Waals surface area contributed by atoms with E-state index >= 15 is 0 Å². The first-order valence-corrected chi connectivity index (χ1v) is 8.86. The number of para-hydroxylation sites is 1. The molecule has 8 heteroatoms. The summed E-state index contributed by atoms with van der Waals surface area (Å²) >= 11 is 0. The highest BCUT2D eigenvalue weighted by atomic mass is 16.5. The number of ketones is 1. The zero-order valence-corrected chi connectivity index (χ0v) is 14.8. The van der Waals surface area contributed by atoms with Gasteiger partial charge in [0.2, 0.25) is 0 Å². The van der Waals surface area contributed by atoms with Crippen molar-refractivity contribution in [3.8, 4) is 17.1 Å². The van der Waals surface area contributed by atoms with Crippen LogP contribution in [0.5, 0.6) is 5.75 Å². The molecule has 0 radical (unpaired) electrons. The average molecular weight is 376 g/mol. The number of hydrogen-bond donors (Lipinski definition) is 3. The van der Waals surface area contributed by atoms with Gasteiger partial charge in [-0.15, -0.1) is 0 Å². The number of aromatic carboxylic acids is 1. The summed E-state index contributed by atoms with van der Waals surface area (Å²) in [7, 11) is -1.24. The molecule has 1 aliphatic heterocycles. The molecule has 0 fully saturated rings. The first-order chi connectivity index (χ1) is 13.5. The molecule has 2 aromatic carbocycles. The third-order valence-electron chi connectivity index (χ3n) is 4.88. The number of carbonyl (C=O) groups is 2. The Morgan fingerprint density at radius 2 is 2.00 bits per heavy atom. The number of nitrogens with one attached hydrogen (secondary N) is 1. The number of carbonyl (C=O) groups excluding carboxylic acids is 1. The van der Waals surface area contributed by atoms with Crippen LogP contribution in [0.4, 0.5) is 0 Å². The molecule has 0 spiro atoms. The maximum atomic E-state index is 12.7. The highest BCUT2D eigenvalue weighted by Crippen LogP contribution is 2.36. The van der Waals surface area contributed by atoms with Crippen molar-refractivity contribution in [2.75, 3.05) is 0 Å². The fourth-order valence-electron chi connectivity index (χ4n) is 3.42. The van der Waals surface area contributed by atoms with Crippen LogP contribution in [0.1, 0.15) is 32.7 Å². The number of Topliss-reactive ketones (excluding diaryl/α,β-unsaturated/α-hetero) is 1. The maximum absolute atomic E-state index is 12.7. The van der Waals surface area contributed by atoms with Gasteiger partial charge < -0.3 is 19.8 Å². The number of imidazole rings is 1. The fraction of sp³-hybridized carbons (Fsp3) is 0.150. The van der Waals surface area contributed by atoms with E-state index < -0.39 is 18.9 Å². The molecule has 3 aromatic rings. The van der Waals surface area contributed by atoms with Crippen molar-refractivity contribution in [1.29, 1.82) is 0 Å². The smallest absolute Gasteiger partial charge is 0.526 e. The number of hydrogen-bond acceptors (Lipinski definition) is 5. The summed E-state index contributed by atoms with van der Waals surface area (Å²) in [5, 5.41) is 19.6. The minimum absolute atomic E-state index is 0.00911. The Morgan fingerprint density at radius 3 is 2.68 bits per heavy atom. The van der Waals surface area contributed by atoms with E-state index in [-0.39, 0.29) is 23.5 Å². The Hall–Kier alpha value is -3.39. The molecule has 1 aromatic heterocycles. The molecule has 0 saturated carbocycles. The number of fused-ring (bicyclic) bond motifs is 1. The van der Waals surface area contributed by atoms with Crippen LogP contribution in [0.2, 0.25) is 5.82 Å². The number of aromatic nitrogens is 2. The third-order valence-corrected chi connectivity index (χ3v) is 4.88. The van der Waals surface area contributed by atoms with Crippen LogP contribution >= 0.6 is 0 Å². The minimum Gasteiger partial charge on any atom is -0.535 e. The Bertz CT molecular complexity index is 1020. The lowest BCUT2D eigenvalue weighted by Gasteiger charge is -2.28. The predicted molar refractivity (Wildman–Crippen MR) is 102 cm³/mol. The topological polar surface area (TPSA) is 113 Å². The van der Waals surface area contributed by atoms with E-state index in [2.05, 4.69) is 9.97 Å². The van der Waals surface area contributed by atoms with Crippen molar-refractivity contribution in [3.05, 3.63) is 71.5 Å². The fourth-order valence-corrected chi connectivity index (χ4v) is 3.42. The lowest BCUT2D eigenvalue weighted by molar-refractivity contribution is 0.0693. The molecule has 0 aliphatic carbocycles. The van der Waals surface area contributed by atoms with E-state index in [1.165, 1.54) is 6.07 Å². The van der Waals surface area contributed by atoms with Crippen LogP contribution < -0.4 is 4.65 Å². The van der Waals surface area contributed by atoms with Gasteiger partial charge in [0, 0.05) is 35.8 Å². The van der Waals surface area contributed by atoms with Crippen molar-refractivity contribution < 1.29 is 24.4 Å². The molecule has 7 nitrogen and oxygen atoms in total. The summed E-state index contributed by atoms with van der Waals surface area (Å²) in [5.41, 5.74) is 2.09. The number of nitrogens with zero attached hydrogens (tertiary/aromatic N) is 1. The van der Waals surface area contributed by atoms with Gasteiger partial charge in [-0.05, 0) is 18.1 Å². The van der Waals surface area contributed by atoms with Crippen molar-refractivity contribution in [2.24, 2.45) is 0 Å². The highest BCUT2D eigenvalue weighted by Gasteiger charge is 2.37. The summed E-state index contributed by atoms with van der Waals surface area (Å²) < 4.78 is 5.45. The number of aromatic amines is 1. The molecule has 2 heterocycles. The van der Waals surface area contributed by atoms with Gasteiger partial charge in [-0.3, -0.25) is 4.79 Å². The quantitative estimate of drug-likeness (QED) is 0.466. The van der Waals surface area contributed by atoms with Crippen LogP contribution in [0.15, 0.2) is 54.9 Å². The van der Waals surface area contributed by atoms with Crippen LogP contribution in [0.25, 0.3) is 11.4 Å². The lowest BCUT2D eigenvalue weighted by atomic mass is 9.64. The predicted octanol–water partition coefficient (Wildman–Crippen LogP) is 2.83. The first kappa shape index (κ1) is 18.0. The molecule has 0 amide bonds. The first-order valence-electron chi connectivity index (χ1n) is 8.86. The number of H-pyrrole nitrogens is 1. The van der Waals surface area contributed by atoms with E-state index in [4.69, 9.17) is 4.65 Å². The summed E-state index contributed by atoms with van der Waals surface area (Å²) in [6.45, 7) is 0. The van der Waals surface area contributed by atoms with Crippen molar-refractivity contribution >= 4 is 18.9 Å². The normalized spacial score (nSPS) is 15.6. The van der Waals surface area contributed by atoms with E-state index in [0.29, 0.717) is 17.5 Å². The molecule has 3 N–H and O–H groups in total.